The van der Waals surface area contributed by atoms with Crippen molar-refractivity contribution in [2.24, 2.45) is 0 Å². The number of carbonyl (C=O) groups excluding carboxylic acids is 1. The van der Waals surface area contributed by atoms with Gasteiger partial charge in [0.15, 0.2) is 11.4 Å². The number of nitrogens with zero attached hydrogens (tertiary/aromatic N) is 2. The molecule has 1 aromatic heterocycles. The van der Waals surface area contributed by atoms with E-state index in [4.69, 9.17) is 4.74 Å². The third-order valence-electron chi connectivity index (χ3n) is 4.62. The lowest BCUT2D eigenvalue weighted by molar-refractivity contribution is -0.140. The van der Waals surface area contributed by atoms with E-state index in [9.17, 15) is 26.7 Å². The molecule has 3 aromatic rings. The molecule has 0 aliphatic carbocycles. The van der Waals surface area contributed by atoms with E-state index in [1.165, 1.54) is 6.20 Å². The molecule has 33 heavy (non-hydrogen) atoms. The Hall–Kier alpha value is -3.56. The molecule has 0 saturated heterocycles. The lowest BCUT2D eigenvalue weighted by Gasteiger charge is -2.14. The fourth-order valence-electron chi connectivity index (χ4n) is 2.87. The number of hydrogen-bond donors (Lipinski definition) is 1. The van der Waals surface area contributed by atoms with Crippen LogP contribution >= 0.6 is 0 Å². The molecule has 0 spiro atoms. The second kappa shape index (κ2) is 9.93. The summed E-state index contributed by atoms with van der Waals surface area (Å²) in [5.41, 5.74) is -1.46. The molecule has 2 aromatic carbocycles. The maximum absolute atomic E-state index is 14.1. The van der Waals surface area contributed by atoms with Crippen molar-refractivity contribution in [3.05, 3.63) is 88.5 Å². The summed E-state index contributed by atoms with van der Waals surface area (Å²) in [6.07, 6.45) is -3.69. The van der Waals surface area contributed by atoms with Crippen molar-refractivity contribution in [1.82, 2.24) is 15.3 Å². The van der Waals surface area contributed by atoms with Crippen molar-refractivity contribution in [2.45, 2.75) is 39.1 Å². The van der Waals surface area contributed by atoms with E-state index in [2.05, 4.69) is 15.3 Å². The molecule has 3 rings (SSSR count). The number of rotatable bonds is 7. The summed E-state index contributed by atoms with van der Waals surface area (Å²) in [6, 6.07) is 9.60. The van der Waals surface area contributed by atoms with Crippen LogP contribution in [-0.4, -0.2) is 15.9 Å². The first kappa shape index (κ1) is 24.1. The Morgan fingerprint density at radius 3 is 2.42 bits per heavy atom. The second-order valence-electron chi connectivity index (χ2n) is 7.47. The Morgan fingerprint density at radius 2 is 1.79 bits per heavy atom. The molecule has 0 atom stereocenters. The van der Waals surface area contributed by atoms with E-state index < -0.39 is 41.4 Å². The molecular weight excluding hydrogens is 445 g/mol. The summed E-state index contributed by atoms with van der Waals surface area (Å²) in [4.78, 5) is 21.2. The van der Waals surface area contributed by atoms with Crippen LogP contribution in [-0.2, 0) is 19.3 Å². The highest BCUT2D eigenvalue weighted by atomic mass is 19.4. The molecule has 5 nitrogen and oxygen atoms in total. The third kappa shape index (κ3) is 6.03. The number of carbonyl (C=O) groups is 1. The SMILES string of the molecule is CC(C)c1ncc(OCc2ccccc2)c(C(=O)NCc2cc(F)c(C(F)(F)F)cc2F)n1. The smallest absolute Gasteiger partial charge is 0.419 e. The highest BCUT2D eigenvalue weighted by Crippen LogP contribution is 2.32. The molecule has 0 unspecified atom stereocenters. The lowest BCUT2D eigenvalue weighted by Crippen LogP contribution is -2.26. The van der Waals surface area contributed by atoms with Gasteiger partial charge >= 0.3 is 6.18 Å². The zero-order chi connectivity index (χ0) is 24.2. The van der Waals surface area contributed by atoms with Crippen LogP contribution in [0, 0.1) is 11.6 Å². The maximum Gasteiger partial charge on any atom is 0.419 e. The number of amides is 1. The predicted octanol–water partition coefficient (Wildman–Crippen LogP) is 5.41. The maximum atomic E-state index is 14.1. The molecular formula is C23H20F5N3O2. The fourth-order valence-corrected chi connectivity index (χ4v) is 2.87. The largest absolute Gasteiger partial charge is 0.485 e. The minimum Gasteiger partial charge on any atom is -0.485 e. The van der Waals surface area contributed by atoms with Crippen LogP contribution in [0.2, 0.25) is 0 Å². The first-order chi connectivity index (χ1) is 15.6. The number of benzene rings is 2. The van der Waals surface area contributed by atoms with Gasteiger partial charge in [-0.05, 0) is 17.7 Å². The molecule has 0 aliphatic heterocycles. The number of hydrogen-bond acceptors (Lipinski definition) is 4. The topological polar surface area (TPSA) is 64.1 Å². The zero-order valence-electron chi connectivity index (χ0n) is 17.7. The number of aromatic nitrogens is 2. The van der Waals surface area contributed by atoms with E-state index in [1.807, 2.05) is 44.2 Å². The van der Waals surface area contributed by atoms with Crippen LogP contribution in [0.15, 0.2) is 48.7 Å². The van der Waals surface area contributed by atoms with Crippen molar-refractivity contribution in [2.75, 3.05) is 0 Å². The second-order valence-corrected chi connectivity index (χ2v) is 7.47. The van der Waals surface area contributed by atoms with Gasteiger partial charge in [0.05, 0.1) is 11.8 Å². The van der Waals surface area contributed by atoms with Gasteiger partial charge in [0.2, 0.25) is 0 Å². The Morgan fingerprint density at radius 1 is 1.09 bits per heavy atom. The molecule has 1 N–H and O–H groups in total. The minimum absolute atomic E-state index is 0.0623. The average molecular weight is 465 g/mol. The number of halogens is 5. The standard InChI is InChI=1S/C23H20F5N3O2/c1-13(2)21-29-11-19(33-12-14-6-4-3-5-7-14)20(31-21)22(32)30-10-15-8-18(25)16(9-17(15)24)23(26,27)28/h3-9,11,13H,10,12H2,1-2H3,(H,30,32). The fraction of sp³-hybridized carbons (Fsp3) is 0.261. The summed E-state index contributed by atoms with van der Waals surface area (Å²) in [5, 5.41) is 2.35. The Balaban J connectivity index is 1.80. The van der Waals surface area contributed by atoms with Gasteiger partial charge in [0.25, 0.3) is 5.91 Å². The molecule has 0 aliphatic rings. The van der Waals surface area contributed by atoms with Crippen molar-refractivity contribution >= 4 is 5.91 Å². The number of nitrogens with one attached hydrogen (secondary N) is 1. The lowest BCUT2D eigenvalue weighted by atomic mass is 10.1. The first-order valence-electron chi connectivity index (χ1n) is 9.93. The zero-order valence-corrected chi connectivity index (χ0v) is 17.7. The highest BCUT2D eigenvalue weighted by molar-refractivity contribution is 5.94. The molecule has 0 radical (unpaired) electrons. The summed E-state index contributed by atoms with van der Waals surface area (Å²) < 4.78 is 71.8. The molecule has 0 bridgehead atoms. The molecule has 174 valence electrons. The quantitative estimate of drug-likeness (QED) is 0.474. The van der Waals surface area contributed by atoms with Crippen LogP contribution in [0.5, 0.6) is 5.75 Å². The summed E-state index contributed by atoms with van der Waals surface area (Å²) >= 11 is 0. The molecule has 1 heterocycles. The normalized spacial score (nSPS) is 11.5. The van der Waals surface area contributed by atoms with Gasteiger partial charge in [-0.15, -0.1) is 0 Å². The van der Waals surface area contributed by atoms with Crippen LogP contribution in [0.25, 0.3) is 0 Å². The number of alkyl halides is 3. The third-order valence-corrected chi connectivity index (χ3v) is 4.62. The van der Waals surface area contributed by atoms with Gasteiger partial charge < -0.3 is 10.1 Å². The van der Waals surface area contributed by atoms with Gasteiger partial charge in [0, 0.05) is 18.0 Å². The van der Waals surface area contributed by atoms with Gasteiger partial charge in [-0.25, -0.2) is 18.7 Å². The Kier molecular flexibility index (Phi) is 7.25. The highest BCUT2D eigenvalue weighted by Gasteiger charge is 2.35. The van der Waals surface area contributed by atoms with Crippen molar-refractivity contribution < 1.29 is 31.5 Å². The average Bonchev–Trinajstić information content (AvgIpc) is 2.77. The van der Waals surface area contributed by atoms with Crippen LogP contribution in [0.1, 0.15) is 52.8 Å². The monoisotopic (exact) mass is 465 g/mol. The predicted molar refractivity (Wildman–Crippen MR) is 109 cm³/mol. The Bertz CT molecular complexity index is 1130. The molecule has 1 amide bonds. The van der Waals surface area contributed by atoms with Crippen LogP contribution in [0.3, 0.4) is 0 Å². The molecule has 0 saturated carbocycles. The van der Waals surface area contributed by atoms with Crippen molar-refractivity contribution in [3.8, 4) is 5.75 Å². The van der Waals surface area contributed by atoms with E-state index in [-0.39, 0.29) is 30.0 Å². The summed E-state index contributed by atoms with van der Waals surface area (Å²) in [7, 11) is 0. The summed E-state index contributed by atoms with van der Waals surface area (Å²) in [6.45, 7) is 3.22. The molecule has 0 fully saturated rings. The Labute approximate surface area is 186 Å². The number of ether oxygens (including phenoxy) is 1. The van der Waals surface area contributed by atoms with E-state index in [1.54, 1.807) is 0 Å². The minimum atomic E-state index is -5.04. The van der Waals surface area contributed by atoms with Crippen molar-refractivity contribution in [3.63, 3.8) is 0 Å². The molecule has 10 heteroatoms. The van der Waals surface area contributed by atoms with E-state index in [0.29, 0.717) is 11.9 Å². The van der Waals surface area contributed by atoms with Gasteiger partial charge in [-0.1, -0.05) is 44.2 Å². The van der Waals surface area contributed by atoms with E-state index in [0.717, 1.165) is 5.56 Å². The first-order valence-corrected chi connectivity index (χ1v) is 9.93. The van der Waals surface area contributed by atoms with Crippen molar-refractivity contribution in [1.29, 1.82) is 0 Å². The van der Waals surface area contributed by atoms with E-state index >= 15 is 0 Å². The van der Waals surface area contributed by atoms with Gasteiger partial charge in [0.1, 0.15) is 24.1 Å². The van der Waals surface area contributed by atoms with Crippen LogP contribution < -0.4 is 10.1 Å². The van der Waals surface area contributed by atoms with Crippen LogP contribution in [0.4, 0.5) is 22.0 Å². The van der Waals surface area contributed by atoms with Gasteiger partial charge in [-0.3, -0.25) is 4.79 Å². The van der Waals surface area contributed by atoms with Gasteiger partial charge in [-0.2, -0.15) is 13.2 Å². The summed E-state index contributed by atoms with van der Waals surface area (Å²) in [5.74, 6) is -3.39.